The van der Waals surface area contributed by atoms with Crippen molar-refractivity contribution in [1.82, 2.24) is 4.90 Å². The predicted octanol–water partition coefficient (Wildman–Crippen LogP) is 1.13. The van der Waals surface area contributed by atoms with Gasteiger partial charge in [0.25, 0.3) is 5.91 Å². The Hall–Kier alpha value is -2.36. The van der Waals surface area contributed by atoms with Gasteiger partial charge in [-0.15, -0.1) is 0 Å². The molecule has 0 aromatic heterocycles. The van der Waals surface area contributed by atoms with Crippen LogP contribution in [0.25, 0.3) is 0 Å². The number of fused-ring (bicyclic) bond motifs is 1. The highest BCUT2D eigenvalue weighted by Gasteiger charge is 2.78. The molecule has 3 heterocycles. The van der Waals surface area contributed by atoms with Gasteiger partial charge in [0.1, 0.15) is 5.41 Å². The van der Waals surface area contributed by atoms with E-state index in [-0.39, 0.29) is 13.0 Å². The van der Waals surface area contributed by atoms with Crippen molar-refractivity contribution in [2.24, 2.45) is 5.41 Å². The Kier molecular flexibility index (Phi) is 4.92. The minimum Gasteiger partial charge on any atom is -0.493 e. The Bertz CT molecular complexity index is 958. The second kappa shape index (κ2) is 7.33. The Balaban J connectivity index is 1.78. The van der Waals surface area contributed by atoms with Crippen molar-refractivity contribution in [2.75, 3.05) is 40.6 Å². The van der Waals surface area contributed by atoms with Crippen molar-refractivity contribution in [1.29, 1.82) is 0 Å². The molecule has 1 aromatic rings. The SMILES string of the molecule is CCOC(=O)[C@]12CC3(CC[C@]14c1cc(OC)c(OC)cc1CCN4C(=O)[C@@H]2O)OCCO3. The van der Waals surface area contributed by atoms with Crippen LogP contribution in [0.1, 0.15) is 37.3 Å². The van der Waals surface area contributed by atoms with Gasteiger partial charge in [-0.25, -0.2) is 0 Å². The first-order valence-corrected chi connectivity index (χ1v) is 11.1. The summed E-state index contributed by atoms with van der Waals surface area (Å²) in [5.41, 5.74) is -0.924. The highest BCUT2D eigenvalue weighted by molar-refractivity contribution is 5.97. The third-order valence-electron chi connectivity index (χ3n) is 7.69. The number of aliphatic hydroxyl groups is 1. The fraction of sp³-hybridized carbons (Fsp3) is 0.652. The number of benzene rings is 1. The largest absolute Gasteiger partial charge is 0.493 e. The van der Waals surface area contributed by atoms with Crippen LogP contribution >= 0.6 is 0 Å². The third-order valence-corrected chi connectivity index (χ3v) is 7.69. The summed E-state index contributed by atoms with van der Waals surface area (Å²) in [7, 11) is 3.12. The lowest BCUT2D eigenvalue weighted by Gasteiger charge is -2.56. The number of esters is 1. The molecule has 0 unspecified atom stereocenters. The standard InChI is InChI=1S/C23H29NO8/c1-4-30-20(27)22-13-21(31-9-10-32-21)6-7-23(22)15-12-17(29-3)16(28-2)11-14(15)5-8-24(23)19(26)18(22)25/h11-12,18,25H,4-10,13H2,1-3H3/t18-,22+,23-/m0/s1. The lowest BCUT2D eigenvalue weighted by atomic mass is 9.54. The van der Waals surface area contributed by atoms with Crippen molar-refractivity contribution >= 4 is 11.9 Å². The Labute approximate surface area is 186 Å². The Morgan fingerprint density at radius 3 is 2.53 bits per heavy atom. The van der Waals surface area contributed by atoms with Crippen LogP contribution in [0, 0.1) is 5.41 Å². The molecular formula is C23H29NO8. The summed E-state index contributed by atoms with van der Waals surface area (Å²) in [6, 6.07) is 3.74. The van der Waals surface area contributed by atoms with E-state index in [1.807, 2.05) is 12.1 Å². The fourth-order valence-electron chi connectivity index (χ4n) is 6.42. The van der Waals surface area contributed by atoms with E-state index in [2.05, 4.69) is 0 Å². The number of nitrogens with zero attached hydrogens (tertiary/aromatic N) is 1. The van der Waals surface area contributed by atoms with E-state index in [1.54, 1.807) is 26.0 Å². The summed E-state index contributed by atoms with van der Waals surface area (Å²) < 4.78 is 28.5. The zero-order chi connectivity index (χ0) is 22.7. The van der Waals surface area contributed by atoms with Gasteiger partial charge >= 0.3 is 5.97 Å². The molecule has 1 saturated carbocycles. The van der Waals surface area contributed by atoms with Crippen LogP contribution in [0.5, 0.6) is 11.5 Å². The topological polar surface area (TPSA) is 104 Å². The summed E-state index contributed by atoms with van der Waals surface area (Å²) in [6.07, 6.45) is -0.0797. The van der Waals surface area contributed by atoms with Gasteiger partial charge in [-0.1, -0.05) is 0 Å². The lowest BCUT2D eigenvalue weighted by Crippen LogP contribution is -2.65. The van der Waals surface area contributed by atoms with Crippen LogP contribution in [-0.2, 0) is 35.8 Å². The zero-order valence-electron chi connectivity index (χ0n) is 18.6. The highest BCUT2D eigenvalue weighted by Crippen LogP contribution is 2.66. The Morgan fingerprint density at radius 2 is 1.88 bits per heavy atom. The van der Waals surface area contributed by atoms with Crippen molar-refractivity contribution in [3.05, 3.63) is 23.3 Å². The van der Waals surface area contributed by atoms with Gasteiger partial charge in [0, 0.05) is 19.4 Å². The molecular weight excluding hydrogens is 418 g/mol. The van der Waals surface area contributed by atoms with Crippen LogP contribution in [0.3, 0.4) is 0 Å². The molecule has 174 valence electrons. The lowest BCUT2D eigenvalue weighted by molar-refractivity contribution is -0.242. The second-order valence-corrected chi connectivity index (χ2v) is 8.84. The van der Waals surface area contributed by atoms with Gasteiger partial charge in [-0.3, -0.25) is 9.59 Å². The van der Waals surface area contributed by atoms with Gasteiger partial charge < -0.3 is 33.7 Å². The number of rotatable bonds is 4. The summed E-state index contributed by atoms with van der Waals surface area (Å²) in [5, 5.41) is 11.4. The number of hydrogen-bond acceptors (Lipinski definition) is 8. The maximum absolute atomic E-state index is 13.7. The van der Waals surface area contributed by atoms with E-state index in [0.717, 1.165) is 11.1 Å². The molecule has 4 aliphatic rings. The highest BCUT2D eigenvalue weighted by atomic mass is 16.7. The molecule has 5 rings (SSSR count). The van der Waals surface area contributed by atoms with Crippen molar-refractivity contribution in [3.63, 3.8) is 0 Å². The van der Waals surface area contributed by atoms with Gasteiger partial charge in [0.05, 0.1) is 39.6 Å². The summed E-state index contributed by atoms with van der Waals surface area (Å²) >= 11 is 0. The van der Waals surface area contributed by atoms with E-state index < -0.39 is 34.7 Å². The minimum absolute atomic E-state index is 0.0377. The van der Waals surface area contributed by atoms with Crippen LogP contribution in [0.15, 0.2) is 12.1 Å². The molecule has 1 aliphatic carbocycles. The quantitative estimate of drug-likeness (QED) is 0.686. The molecule has 32 heavy (non-hydrogen) atoms. The maximum Gasteiger partial charge on any atom is 0.318 e. The Morgan fingerprint density at radius 1 is 1.19 bits per heavy atom. The van der Waals surface area contributed by atoms with Crippen LogP contribution < -0.4 is 9.47 Å². The molecule has 2 saturated heterocycles. The van der Waals surface area contributed by atoms with Crippen molar-refractivity contribution < 1.29 is 38.4 Å². The molecule has 1 N–H and O–H groups in total. The minimum atomic E-state index is -1.57. The van der Waals surface area contributed by atoms with E-state index in [4.69, 9.17) is 23.7 Å². The van der Waals surface area contributed by atoms with Crippen LogP contribution in [-0.4, -0.2) is 74.4 Å². The average Bonchev–Trinajstić information content (AvgIpc) is 3.33. The molecule has 1 amide bonds. The van der Waals surface area contributed by atoms with Gasteiger partial charge in [-0.2, -0.15) is 0 Å². The smallest absolute Gasteiger partial charge is 0.318 e. The monoisotopic (exact) mass is 447 g/mol. The summed E-state index contributed by atoms with van der Waals surface area (Å²) in [5.74, 6) is -1.01. The van der Waals surface area contributed by atoms with E-state index in [9.17, 15) is 14.7 Å². The zero-order valence-corrected chi connectivity index (χ0v) is 18.6. The number of aliphatic hydroxyl groups excluding tert-OH is 1. The van der Waals surface area contributed by atoms with Crippen molar-refractivity contribution in [3.8, 4) is 11.5 Å². The summed E-state index contributed by atoms with van der Waals surface area (Å²) in [6.45, 7) is 3.04. The van der Waals surface area contributed by atoms with E-state index in [1.165, 1.54) is 0 Å². The second-order valence-electron chi connectivity index (χ2n) is 8.84. The van der Waals surface area contributed by atoms with Gasteiger partial charge in [-0.05, 0) is 43.0 Å². The molecule has 9 nitrogen and oxygen atoms in total. The van der Waals surface area contributed by atoms with E-state index in [0.29, 0.717) is 50.5 Å². The number of hydrogen-bond donors (Lipinski definition) is 1. The first kappa shape index (κ1) is 21.5. The maximum atomic E-state index is 13.7. The molecule has 9 heteroatoms. The first-order chi connectivity index (χ1) is 15.4. The number of carbonyl (C=O) groups is 2. The van der Waals surface area contributed by atoms with E-state index >= 15 is 0 Å². The van der Waals surface area contributed by atoms with Crippen molar-refractivity contribution in [2.45, 2.75) is 50.0 Å². The number of methoxy groups -OCH3 is 2. The average molecular weight is 447 g/mol. The molecule has 3 atom stereocenters. The number of carbonyl (C=O) groups excluding carboxylic acids is 2. The molecule has 0 bridgehead atoms. The molecule has 3 fully saturated rings. The third kappa shape index (κ3) is 2.50. The van der Waals surface area contributed by atoms with Gasteiger partial charge in [0.15, 0.2) is 23.4 Å². The first-order valence-electron chi connectivity index (χ1n) is 11.1. The van der Waals surface area contributed by atoms with Gasteiger partial charge in [0.2, 0.25) is 0 Å². The van der Waals surface area contributed by atoms with Crippen LogP contribution in [0.2, 0.25) is 0 Å². The normalized spacial score (nSPS) is 32.3. The number of amides is 1. The van der Waals surface area contributed by atoms with Crippen LogP contribution in [0.4, 0.5) is 0 Å². The summed E-state index contributed by atoms with van der Waals surface area (Å²) in [4.78, 5) is 28.8. The molecule has 3 aliphatic heterocycles. The fourth-order valence-corrected chi connectivity index (χ4v) is 6.42. The molecule has 0 radical (unpaired) electrons. The number of ether oxygens (including phenoxy) is 5. The molecule has 1 aromatic carbocycles. The predicted molar refractivity (Wildman–Crippen MR) is 110 cm³/mol. The molecule has 2 spiro atoms.